The number of nitrogens with two attached hydrogens (primary N) is 1. The Morgan fingerprint density at radius 1 is 1.28 bits per heavy atom. The van der Waals surface area contributed by atoms with Crippen LogP contribution in [0.25, 0.3) is 0 Å². The van der Waals surface area contributed by atoms with Gasteiger partial charge in [-0.15, -0.1) is 0 Å². The minimum atomic E-state index is 0.196. The lowest BCUT2D eigenvalue weighted by molar-refractivity contribution is 0.251. The van der Waals surface area contributed by atoms with Crippen LogP contribution in [0.2, 0.25) is 0 Å². The molecule has 6 heteroatoms. The van der Waals surface area contributed by atoms with E-state index >= 15 is 0 Å². The van der Waals surface area contributed by atoms with Gasteiger partial charge >= 0.3 is 0 Å². The molecule has 0 aliphatic carbocycles. The molecule has 3 rings (SSSR count). The molecule has 25 heavy (non-hydrogen) atoms. The normalized spacial score (nSPS) is 16.6. The molecule has 1 unspecified atom stereocenters. The molecule has 1 atom stereocenters. The zero-order chi connectivity index (χ0) is 17.5. The number of anilines is 1. The highest BCUT2D eigenvalue weighted by atomic mass is 16.5. The quantitative estimate of drug-likeness (QED) is 0.625. The fourth-order valence-electron chi connectivity index (χ4n) is 3.13. The predicted octanol–water partition coefficient (Wildman–Crippen LogP) is 2.65. The van der Waals surface area contributed by atoms with Gasteiger partial charge < -0.3 is 15.8 Å². The van der Waals surface area contributed by atoms with Gasteiger partial charge in [0.05, 0.1) is 19.7 Å². The number of methoxy groups -OCH3 is 1. The van der Waals surface area contributed by atoms with Crippen molar-refractivity contribution in [2.45, 2.75) is 18.9 Å². The second-order valence-corrected chi connectivity index (χ2v) is 6.10. The molecule has 0 radical (unpaired) electrons. The number of nitrogens with one attached hydrogen (secondary N) is 1. The minimum Gasteiger partial charge on any atom is -0.497 e. The molecule has 1 fully saturated rings. The van der Waals surface area contributed by atoms with Crippen molar-refractivity contribution in [1.82, 2.24) is 9.88 Å². The van der Waals surface area contributed by atoms with Crippen molar-refractivity contribution in [2.24, 2.45) is 10.7 Å². The van der Waals surface area contributed by atoms with Gasteiger partial charge in [-0.2, -0.15) is 0 Å². The maximum Gasteiger partial charge on any atom is 0.194 e. The maximum atomic E-state index is 6.04. The first-order chi connectivity index (χ1) is 12.3. The highest BCUT2D eigenvalue weighted by Crippen LogP contribution is 2.27. The van der Waals surface area contributed by atoms with E-state index in [2.05, 4.69) is 32.3 Å². The molecule has 2 heterocycles. The second kappa shape index (κ2) is 8.48. The third kappa shape index (κ3) is 4.70. The average molecular weight is 339 g/mol. The van der Waals surface area contributed by atoms with Gasteiger partial charge in [-0.05, 0) is 55.8 Å². The van der Waals surface area contributed by atoms with E-state index in [4.69, 9.17) is 10.5 Å². The van der Waals surface area contributed by atoms with E-state index in [1.54, 1.807) is 13.3 Å². The van der Waals surface area contributed by atoms with Gasteiger partial charge in [-0.3, -0.25) is 9.89 Å². The number of guanidine groups is 1. The minimum absolute atomic E-state index is 0.196. The molecule has 0 spiro atoms. The van der Waals surface area contributed by atoms with Gasteiger partial charge in [-0.1, -0.05) is 18.2 Å². The fourth-order valence-corrected chi connectivity index (χ4v) is 3.13. The Labute approximate surface area is 148 Å². The molecule has 0 saturated carbocycles. The van der Waals surface area contributed by atoms with Gasteiger partial charge in [0, 0.05) is 6.20 Å². The van der Waals surface area contributed by atoms with Crippen LogP contribution >= 0.6 is 0 Å². The third-order valence-corrected chi connectivity index (χ3v) is 4.42. The standard InChI is InChI=1S/C19H25N5O/c1-25-16-8-6-7-15(13-16)17(24-11-4-5-12-24)14-22-19(20)23-18-9-2-3-10-21-18/h2-3,6-10,13,17H,4-5,11-12,14H2,1H3,(H3,20,21,22,23). The summed E-state index contributed by atoms with van der Waals surface area (Å²) in [4.78, 5) is 11.2. The molecule has 0 amide bonds. The lowest BCUT2D eigenvalue weighted by Crippen LogP contribution is -2.30. The second-order valence-electron chi connectivity index (χ2n) is 6.10. The van der Waals surface area contributed by atoms with Crippen molar-refractivity contribution < 1.29 is 4.74 Å². The number of likely N-dealkylation sites (tertiary alicyclic amines) is 1. The van der Waals surface area contributed by atoms with E-state index in [-0.39, 0.29) is 6.04 Å². The summed E-state index contributed by atoms with van der Waals surface area (Å²) in [7, 11) is 1.69. The summed E-state index contributed by atoms with van der Waals surface area (Å²) in [6, 6.07) is 14.0. The number of nitrogens with zero attached hydrogens (tertiary/aromatic N) is 3. The number of benzene rings is 1. The van der Waals surface area contributed by atoms with Gasteiger partial charge in [0.1, 0.15) is 11.6 Å². The Bertz CT molecular complexity index is 698. The van der Waals surface area contributed by atoms with Crippen molar-refractivity contribution in [3.05, 3.63) is 54.2 Å². The lowest BCUT2D eigenvalue weighted by atomic mass is 10.1. The number of aromatic nitrogens is 1. The van der Waals surface area contributed by atoms with E-state index < -0.39 is 0 Å². The number of pyridine rings is 1. The first kappa shape index (κ1) is 17.2. The molecule has 1 aliphatic heterocycles. The summed E-state index contributed by atoms with van der Waals surface area (Å²) >= 11 is 0. The Morgan fingerprint density at radius 2 is 2.12 bits per heavy atom. The number of hydrogen-bond donors (Lipinski definition) is 2. The van der Waals surface area contributed by atoms with Crippen molar-refractivity contribution in [2.75, 3.05) is 32.1 Å². The van der Waals surface area contributed by atoms with E-state index in [1.807, 2.05) is 30.3 Å². The molecule has 6 nitrogen and oxygen atoms in total. The number of hydrogen-bond acceptors (Lipinski definition) is 4. The maximum absolute atomic E-state index is 6.04. The average Bonchev–Trinajstić information content (AvgIpc) is 3.17. The molecule has 1 aromatic carbocycles. The van der Waals surface area contributed by atoms with Gasteiger partial charge in [0.2, 0.25) is 0 Å². The Kier molecular flexibility index (Phi) is 5.85. The fraction of sp³-hybridized carbons (Fsp3) is 0.368. The molecule has 1 aliphatic rings. The predicted molar refractivity (Wildman–Crippen MR) is 101 cm³/mol. The molecular weight excluding hydrogens is 314 g/mol. The summed E-state index contributed by atoms with van der Waals surface area (Å²) in [5.74, 6) is 1.94. The molecule has 2 aromatic rings. The van der Waals surface area contributed by atoms with Gasteiger partial charge in [0.25, 0.3) is 0 Å². The third-order valence-electron chi connectivity index (χ3n) is 4.42. The first-order valence-corrected chi connectivity index (χ1v) is 8.62. The smallest absolute Gasteiger partial charge is 0.194 e. The van der Waals surface area contributed by atoms with E-state index in [0.29, 0.717) is 18.3 Å². The highest BCUT2D eigenvalue weighted by Gasteiger charge is 2.23. The topological polar surface area (TPSA) is 75.8 Å². The number of ether oxygens (including phenoxy) is 1. The summed E-state index contributed by atoms with van der Waals surface area (Å²) in [6.07, 6.45) is 4.18. The van der Waals surface area contributed by atoms with E-state index in [0.717, 1.165) is 18.8 Å². The molecule has 0 bridgehead atoms. The Morgan fingerprint density at radius 3 is 2.84 bits per heavy atom. The van der Waals surface area contributed by atoms with Crippen molar-refractivity contribution in [3.63, 3.8) is 0 Å². The van der Waals surface area contributed by atoms with Crippen LogP contribution < -0.4 is 15.8 Å². The van der Waals surface area contributed by atoms with Crippen LogP contribution in [-0.4, -0.2) is 42.6 Å². The molecule has 132 valence electrons. The van der Waals surface area contributed by atoms with E-state index in [1.165, 1.54) is 18.4 Å². The number of rotatable bonds is 6. The molecule has 1 saturated heterocycles. The van der Waals surface area contributed by atoms with Crippen molar-refractivity contribution in [3.8, 4) is 5.75 Å². The molecule has 3 N–H and O–H groups in total. The van der Waals surface area contributed by atoms with Crippen LogP contribution in [0.1, 0.15) is 24.4 Å². The van der Waals surface area contributed by atoms with Crippen LogP contribution in [0.5, 0.6) is 5.75 Å². The summed E-state index contributed by atoms with van der Waals surface area (Å²) in [5.41, 5.74) is 7.25. The van der Waals surface area contributed by atoms with Gasteiger partial charge in [-0.25, -0.2) is 4.98 Å². The summed E-state index contributed by atoms with van der Waals surface area (Å²) < 4.78 is 5.37. The van der Waals surface area contributed by atoms with Gasteiger partial charge in [0.15, 0.2) is 5.96 Å². The van der Waals surface area contributed by atoms with Crippen LogP contribution in [0.15, 0.2) is 53.7 Å². The molecule has 1 aromatic heterocycles. The Balaban J connectivity index is 1.74. The van der Waals surface area contributed by atoms with Crippen LogP contribution in [-0.2, 0) is 0 Å². The van der Waals surface area contributed by atoms with E-state index in [9.17, 15) is 0 Å². The molecular formula is C19H25N5O. The first-order valence-electron chi connectivity index (χ1n) is 8.62. The zero-order valence-corrected chi connectivity index (χ0v) is 14.6. The zero-order valence-electron chi connectivity index (χ0n) is 14.6. The largest absolute Gasteiger partial charge is 0.497 e. The van der Waals surface area contributed by atoms with Crippen molar-refractivity contribution >= 4 is 11.8 Å². The van der Waals surface area contributed by atoms with Crippen LogP contribution in [0.3, 0.4) is 0 Å². The summed E-state index contributed by atoms with van der Waals surface area (Å²) in [6.45, 7) is 2.77. The highest BCUT2D eigenvalue weighted by molar-refractivity contribution is 5.91. The number of aliphatic imine (C=N–C) groups is 1. The van der Waals surface area contributed by atoms with Crippen molar-refractivity contribution in [1.29, 1.82) is 0 Å². The summed E-state index contributed by atoms with van der Waals surface area (Å²) in [5, 5.41) is 3.04. The van der Waals surface area contributed by atoms with Crippen LogP contribution in [0, 0.1) is 0 Å². The SMILES string of the molecule is COc1cccc(C(CN=C(N)Nc2ccccn2)N2CCCC2)c1. The lowest BCUT2D eigenvalue weighted by Gasteiger charge is -2.27. The monoisotopic (exact) mass is 339 g/mol. The Hall–Kier alpha value is -2.60. The van der Waals surface area contributed by atoms with Crippen LogP contribution in [0.4, 0.5) is 5.82 Å².